The third-order valence-corrected chi connectivity index (χ3v) is 5.50. The summed E-state index contributed by atoms with van der Waals surface area (Å²) in [6.07, 6.45) is 0. The number of H-pyrrole nitrogens is 1. The fourth-order valence-corrected chi connectivity index (χ4v) is 3.81. The lowest BCUT2D eigenvalue weighted by Crippen LogP contribution is -2.11. The first-order valence-electron chi connectivity index (χ1n) is 5.68. The number of hydrogen-bond donors (Lipinski definition) is 2. The molecule has 6 nitrogen and oxygen atoms in total. The third-order valence-electron chi connectivity index (χ3n) is 2.76. The molecule has 0 aliphatic rings. The lowest BCUT2D eigenvalue weighted by Gasteiger charge is -2.04. The van der Waals surface area contributed by atoms with Gasteiger partial charge in [0, 0.05) is 5.39 Å². The molecular weight excluding hydrogens is 298 g/mol. The third kappa shape index (κ3) is 2.23. The molecule has 2 N–H and O–H groups in total. The van der Waals surface area contributed by atoms with Crippen molar-refractivity contribution in [2.24, 2.45) is 0 Å². The van der Waals surface area contributed by atoms with Crippen molar-refractivity contribution < 1.29 is 13.2 Å². The second-order valence-corrected chi connectivity index (χ2v) is 6.88. The lowest BCUT2D eigenvalue weighted by molar-refractivity contribution is 0.415. The molecule has 0 aliphatic carbocycles. The number of nitrogens with one attached hydrogen (secondary N) is 2. The van der Waals surface area contributed by atoms with Gasteiger partial charge >= 0.3 is 0 Å². The van der Waals surface area contributed by atoms with E-state index >= 15 is 0 Å². The van der Waals surface area contributed by atoms with Crippen molar-refractivity contribution in [3.63, 3.8) is 0 Å². The second-order valence-electron chi connectivity index (χ2n) is 4.02. The lowest BCUT2D eigenvalue weighted by atomic mass is 10.2. The van der Waals surface area contributed by atoms with E-state index in [2.05, 4.69) is 14.9 Å². The average molecular weight is 309 g/mol. The van der Waals surface area contributed by atoms with Crippen LogP contribution in [-0.2, 0) is 10.0 Å². The monoisotopic (exact) mass is 309 g/mol. The van der Waals surface area contributed by atoms with E-state index in [1.54, 1.807) is 42.8 Å². The molecule has 104 valence electrons. The van der Waals surface area contributed by atoms with Crippen LogP contribution < -0.4 is 9.46 Å². The smallest absolute Gasteiger partial charge is 0.272 e. The number of thiophene rings is 1. The Labute approximate surface area is 119 Å². The van der Waals surface area contributed by atoms with Crippen LogP contribution in [0, 0.1) is 0 Å². The van der Waals surface area contributed by atoms with Crippen LogP contribution in [0.2, 0.25) is 0 Å². The van der Waals surface area contributed by atoms with Gasteiger partial charge in [-0.3, -0.25) is 9.82 Å². The minimum atomic E-state index is -3.61. The van der Waals surface area contributed by atoms with E-state index in [0.29, 0.717) is 11.1 Å². The molecule has 3 aromatic rings. The first kappa shape index (κ1) is 12.9. The van der Waals surface area contributed by atoms with E-state index < -0.39 is 10.0 Å². The van der Waals surface area contributed by atoms with Gasteiger partial charge in [-0.2, -0.15) is 5.10 Å². The Morgan fingerprint density at radius 1 is 1.35 bits per heavy atom. The summed E-state index contributed by atoms with van der Waals surface area (Å²) in [5, 5.41) is 9.14. The van der Waals surface area contributed by atoms with Gasteiger partial charge in [-0.1, -0.05) is 6.07 Å². The summed E-state index contributed by atoms with van der Waals surface area (Å²) in [5.74, 6) is 0.891. The molecule has 20 heavy (non-hydrogen) atoms. The predicted octanol–water partition coefficient (Wildman–Crippen LogP) is 2.43. The molecule has 0 radical (unpaired) electrons. The van der Waals surface area contributed by atoms with Crippen molar-refractivity contribution in [1.82, 2.24) is 10.2 Å². The topological polar surface area (TPSA) is 84.1 Å². The van der Waals surface area contributed by atoms with Gasteiger partial charge in [0.25, 0.3) is 10.0 Å². The van der Waals surface area contributed by atoms with Gasteiger partial charge in [-0.15, -0.1) is 11.3 Å². The van der Waals surface area contributed by atoms with Crippen LogP contribution in [0.25, 0.3) is 10.9 Å². The number of fused-ring (bicyclic) bond motifs is 1. The van der Waals surface area contributed by atoms with Crippen LogP contribution in [0.4, 0.5) is 5.82 Å². The quantitative estimate of drug-likeness (QED) is 0.775. The normalized spacial score (nSPS) is 11.7. The zero-order valence-electron chi connectivity index (χ0n) is 10.5. The molecular formula is C12H11N3O3S2. The minimum Gasteiger partial charge on any atom is -0.497 e. The fourth-order valence-electron chi connectivity index (χ4n) is 1.79. The van der Waals surface area contributed by atoms with Crippen molar-refractivity contribution in [2.45, 2.75) is 4.21 Å². The largest absolute Gasteiger partial charge is 0.497 e. The summed E-state index contributed by atoms with van der Waals surface area (Å²) in [6.45, 7) is 0. The van der Waals surface area contributed by atoms with Crippen molar-refractivity contribution >= 4 is 38.1 Å². The van der Waals surface area contributed by atoms with E-state index in [0.717, 1.165) is 16.9 Å². The predicted molar refractivity (Wildman–Crippen MR) is 77.8 cm³/mol. The number of aromatic amines is 1. The summed E-state index contributed by atoms with van der Waals surface area (Å²) in [6, 6.07) is 8.51. The van der Waals surface area contributed by atoms with E-state index in [4.69, 9.17) is 4.74 Å². The maximum absolute atomic E-state index is 12.2. The van der Waals surface area contributed by atoms with Crippen LogP contribution in [-0.4, -0.2) is 25.7 Å². The molecule has 8 heteroatoms. The van der Waals surface area contributed by atoms with Gasteiger partial charge in [0.15, 0.2) is 5.82 Å². The zero-order chi connectivity index (χ0) is 14.2. The Hall–Kier alpha value is -2.06. The highest BCUT2D eigenvalue weighted by Gasteiger charge is 2.18. The van der Waals surface area contributed by atoms with Gasteiger partial charge in [0.1, 0.15) is 9.96 Å². The summed E-state index contributed by atoms with van der Waals surface area (Å²) in [4.78, 5) is 0. The average Bonchev–Trinajstić information content (AvgIpc) is 3.08. The zero-order valence-corrected chi connectivity index (χ0v) is 12.1. The van der Waals surface area contributed by atoms with E-state index in [1.165, 1.54) is 0 Å². The molecule has 0 amide bonds. The number of aromatic nitrogens is 2. The van der Waals surface area contributed by atoms with Crippen LogP contribution in [0.15, 0.2) is 39.9 Å². The molecule has 0 saturated carbocycles. The molecule has 0 fully saturated rings. The summed E-state index contributed by atoms with van der Waals surface area (Å²) in [7, 11) is -2.05. The Morgan fingerprint density at radius 2 is 2.20 bits per heavy atom. The van der Waals surface area contributed by atoms with Gasteiger partial charge in [-0.05, 0) is 29.6 Å². The van der Waals surface area contributed by atoms with Crippen molar-refractivity contribution in [2.75, 3.05) is 11.8 Å². The number of anilines is 1. The number of ether oxygens (including phenoxy) is 1. The van der Waals surface area contributed by atoms with E-state index in [1.807, 2.05) is 0 Å². The van der Waals surface area contributed by atoms with Crippen LogP contribution in [0.5, 0.6) is 5.75 Å². The summed E-state index contributed by atoms with van der Waals surface area (Å²) >= 11 is 1.15. The van der Waals surface area contributed by atoms with Crippen molar-refractivity contribution in [1.29, 1.82) is 0 Å². The van der Waals surface area contributed by atoms with Gasteiger partial charge in [0.2, 0.25) is 0 Å². The second kappa shape index (κ2) is 4.80. The molecule has 2 heterocycles. The highest BCUT2D eigenvalue weighted by molar-refractivity contribution is 7.94. The number of hydrogen-bond acceptors (Lipinski definition) is 5. The Kier molecular flexibility index (Phi) is 3.11. The van der Waals surface area contributed by atoms with Gasteiger partial charge in [0.05, 0.1) is 12.6 Å². The molecule has 0 atom stereocenters. The number of benzene rings is 1. The fraction of sp³-hybridized carbons (Fsp3) is 0.0833. The van der Waals surface area contributed by atoms with Gasteiger partial charge in [-0.25, -0.2) is 8.42 Å². The van der Waals surface area contributed by atoms with Gasteiger partial charge < -0.3 is 4.74 Å². The molecule has 0 bridgehead atoms. The van der Waals surface area contributed by atoms with Crippen LogP contribution in [0.1, 0.15) is 0 Å². The maximum atomic E-state index is 12.2. The Bertz CT molecular complexity index is 838. The Morgan fingerprint density at radius 3 is 2.90 bits per heavy atom. The number of rotatable bonds is 4. The highest BCUT2D eigenvalue weighted by atomic mass is 32.2. The SMILES string of the molecule is COc1ccc2[nH]nc(NS(=O)(=O)c3cccs3)c2c1. The molecule has 0 aliphatic heterocycles. The van der Waals surface area contributed by atoms with Crippen molar-refractivity contribution in [3.05, 3.63) is 35.7 Å². The number of nitrogens with zero attached hydrogens (tertiary/aromatic N) is 1. The standard InChI is InChI=1S/C12H11N3O3S2/c1-18-8-4-5-10-9(7-8)12(14-13-10)15-20(16,17)11-3-2-6-19-11/h2-7H,1H3,(H2,13,14,15). The molecule has 2 aromatic heterocycles. The molecule has 0 spiro atoms. The molecule has 0 saturated heterocycles. The Balaban J connectivity index is 2.03. The maximum Gasteiger partial charge on any atom is 0.272 e. The molecule has 0 unspecified atom stereocenters. The van der Waals surface area contributed by atoms with Crippen LogP contribution in [0.3, 0.4) is 0 Å². The first-order chi connectivity index (χ1) is 9.60. The molecule has 1 aromatic carbocycles. The first-order valence-corrected chi connectivity index (χ1v) is 8.05. The molecule has 3 rings (SSSR count). The highest BCUT2D eigenvalue weighted by Crippen LogP contribution is 2.27. The van der Waals surface area contributed by atoms with E-state index in [-0.39, 0.29) is 10.0 Å². The summed E-state index contributed by atoms with van der Waals surface area (Å²) < 4.78 is 32.2. The van der Waals surface area contributed by atoms with Crippen molar-refractivity contribution in [3.8, 4) is 5.75 Å². The summed E-state index contributed by atoms with van der Waals surface area (Å²) in [5.41, 5.74) is 0.731. The minimum absolute atomic E-state index is 0.247. The number of methoxy groups -OCH3 is 1. The number of sulfonamides is 1. The van der Waals surface area contributed by atoms with Crippen LogP contribution >= 0.6 is 11.3 Å². The van der Waals surface area contributed by atoms with E-state index in [9.17, 15) is 8.42 Å².